The minimum atomic E-state index is -3.46. The molecule has 3 N–H and O–H groups in total. The van der Waals surface area contributed by atoms with Gasteiger partial charge in [-0.2, -0.15) is 0 Å². The highest BCUT2D eigenvalue weighted by Gasteiger charge is 2.16. The molecular weight excluding hydrogens is 304 g/mol. The molecule has 6 heteroatoms. The van der Waals surface area contributed by atoms with E-state index in [1.54, 1.807) is 12.1 Å². The van der Waals surface area contributed by atoms with Gasteiger partial charge in [-0.1, -0.05) is 38.1 Å². The van der Waals surface area contributed by atoms with Crippen molar-refractivity contribution in [2.45, 2.75) is 37.1 Å². The summed E-state index contributed by atoms with van der Waals surface area (Å²) in [7, 11) is -3.46. The number of thiophene rings is 1. The highest BCUT2D eigenvalue weighted by atomic mass is 32.2. The third kappa shape index (κ3) is 4.14. The van der Waals surface area contributed by atoms with E-state index < -0.39 is 10.0 Å². The molecule has 0 fully saturated rings. The van der Waals surface area contributed by atoms with Gasteiger partial charge in [-0.05, 0) is 29.2 Å². The molecule has 1 aromatic carbocycles. The van der Waals surface area contributed by atoms with Gasteiger partial charge in [0.2, 0.25) is 10.0 Å². The van der Waals surface area contributed by atoms with Crippen molar-refractivity contribution in [1.29, 1.82) is 0 Å². The van der Waals surface area contributed by atoms with Crippen molar-refractivity contribution in [3.63, 3.8) is 0 Å². The zero-order valence-corrected chi connectivity index (χ0v) is 13.8. The van der Waals surface area contributed by atoms with Crippen LogP contribution in [0.1, 0.15) is 35.8 Å². The lowest BCUT2D eigenvalue weighted by molar-refractivity contribution is 0.583. The van der Waals surface area contributed by atoms with E-state index in [0.29, 0.717) is 16.7 Å². The number of rotatable bonds is 6. The Morgan fingerprint density at radius 3 is 2.33 bits per heavy atom. The molecule has 0 unspecified atom stereocenters. The van der Waals surface area contributed by atoms with Crippen LogP contribution >= 0.6 is 11.3 Å². The topological polar surface area (TPSA) is 72.2 Å². The third-order valence-corrected chi connectivity index (χ3v) is 6.22. The zero-order valence-electron chi connectivity index (χ0n) is 12.2. The first-order valence-corrected chi connectivity index (χ1v) is 9.09. The van der Waals surface area contributed by atoms with Crippen LogP contribution in [0.15, 0.2) is 40.6 Å². The third-order valence-electron chi connectivity index (χ3n) is 3.22. The van der Waals surface area contributed by atoms with Crippen LogP contribution < -0.4 is 10.5 Å². The summed E-state index contributed by atoms with van der Waals surface area (Å²) in [5.41, 5.74) is 7.69. The van der Waals surface area contributed by atoms with Crippen LogP contribution in [0.25, 0.3) is 0 Å². The van der Waals surface area contributed by atoms with Crippen molar-refractivity contribution < 1.29 is 8.42 Å². The lowest BCUT2D eigenvalue weighted by Crippen LogP contribution is -2.22. The van der Waals surface area contributed by atoms with E-state index in [1.807, 2.05) is 24.3 Å². The Hall–Kier alpha value is -1.21. The second kappa shape index (κ2) is 6.70. The Morgan fingerprint density at radius 1 is 1.14 bits per heavy atom. The Balaban J connectivity index is 2.04. The Kier molecular flexibility index (Phi) is 5.16. The zero-order chi connectivity index (χ0) is 15.5. The summed E-state index contributed by atoms with van der Waals surface area (Å²) in [6.07, 6.45) is 0. The molecule has 2 rings (SSSR count). The smallest absolute Gasteiger partial charge is 0.250 e. The summed E-state index contributed by atoms with van der Waals surface area (Å²) >= 11 is 1.21. The number of sulfonamides is 1. The van der Waals surface area contributed by atoms with Crippen molar-refractivity contribution in [2.24, 2.45) is 5.73 Å². The molecular formula is C15H20N2O2S2. The Bertz CT molecular complexity index is 689. The van der Waals surface area contributed by atoms with E-state index in [4.69, 9.17) is 5.73 Å². The van der Waals surface area contributed by atoms with E-state index in [0.717, 1.165) is 10.4 Å². The van der Waals surface area contributed by atoms with Crippen LogP contribution in [-0.2, 0) is 23.1 Å². The normalized spacial score (nSPS) is 12.0. The molecule has 0 aliphatic heterocycles. The maximum absolute atomic E-state index is 12.2. The highest BCUT2D eigenvalue weighted by Crippen LogP contribution is 2.21. The van der Waals surface area contributed by atoms with Crippen LogP contribution in [0.2, 0.25) is 0 Å². The SMILES string of the molecule is CC(C)c1ccc(CNS(=O)(=O)c2ccc(CN)s2)cc1. The molecule has 0 saturated carbocycles. The average Bonchev–Trinajstić information content (AvgIpc) is 2.95. The van der Waals surface area contributed by atoms with Crippen LogP contribution in [0.3, 0.4) is 0 Å². The highest BCUT2D eigenvalue weighted by molar-refractivity contribution is 7.91. The van der Waals surface area contributed by atoms with Crippen LogP contribution in [0.4, 0.5) is 0 Å². The van der Waals surface area contributed by atoms with Gasteiger partial charge >= 0.3 is 0 Å². The van der Waals surface area contributed by atoms with Gasteiger partial charge in [0.05, 0.1) is 0 Å². The van der Waals surface area contributed by atoms with Crippen molar-refractivity contribution in [3.8, 4) is 0 Å². The van der Waals surface area contributed by atoms with E-state index >= 15 is 0 Å². The van der Waals surface area contributed by atoms with Gasteiger partial charge in [0.1, 0.15) is 4.21 Å². The number of nitrogens with one attached hydrogen (secondary N) is 1. The van der Waals surface area contributed by atoms with Gasteiger partial charge in [0, 0.05) is 18.0 Å². The number of hydrogen-bond donors (Lipinski definition) is 2. The molecule has 1 heterocycles. The molecule has 0 aliphatic rings. The molecule has 4 nitrogen and oxygen atoms in total. The summed E-state index contributed by atoms with van der Waals surface area (Å²) in [4.78, 5) is 0.858. The fourth-order valence-corrected chi connectivity index (χ4v) is 4.18. The van der Waals surface area contributed by atoms with Gasteiger partial charge < -0.3 is 5.73 Å². The molecule has 2 aromatic rings. The van der Waals surface area contributed by atoms with Gasteiger partial charge in [0.15, 0.2) is 0 Å². The largest absolute Gasteiger partial charge is 0.326 e. The van der Waals surface area contributed by atoms with E-state index in [9.17, 15) is 8.42 Å². The fourth-order valence-electron chi connectivity index (χ4n) is 1.88. The second-order valence-corrected chi connectivity index (χ2v) is 8.31. The van der Waals surface area contributed by atoms with Gasteiger partial charge in [-0.3, -0.25) is 0 Å². The summed E-state index contributed by atoms with van der Waals surface area (Å²) in [5.74, 6) is 0.469. The molecule has 1 aromatic heterocycles. The van der Waals surface area contributed by atoms with Gasteiger partial charge in [-0.25, -0.2) is 13.1 Å². The Labute approximate surface area is 130 Å². The van der Waals surface area contributed by atoms with Crippen molar-refractivity contribution in [1.82, 2.24) is 4.72 Å². The lowest BCUT2D eigenvalue weighted by Gasteiger charge is -2.08. The first kappa shape index (κ1) is 16.2. The van der Waals surface area contributed by atoms with Crippen molar-refractivity contribution in [2.75, 3.05) is 0 Å². The first-order chi connectivity index (χ1) is 9.92. The lowest BCUT2D eigenvalue weighted by atomic mass is 10.0. The van der Waals surface area contributed by atoms with Crippen LogP contribution in [0.5, 0.6) is 0 Å². The minimum Gasteiger partial charge on any atom is -0.326 e. The molecule has 0 aliphatic carbocycles. The predicted molar refractivity (Wildman–Crippen MR) is 86.8 cm³/mol. The molecule has 21 heavy (non-hydrogen) atoms. The summed E-state index contributed by atoms with van der Waals surface area (Å²) in [5, 5.41) is 0. The second-order valence-electron chi connectivity index (χ2n) is 5.15. The summed E-state index contributed by atoms with van der Waals surface area (Å²) in [6, 6.07) is 11.3. The van der Waals surface area contributed by atoms with Gasteiger partial charge in [0.25, 0.3) is 0 Å². The minimum absolute atomic E-state index is 0.288. The molecule has 0 bridgehead atoms. The first-order valence-electron chi connectivity index (χ1n) is 6.79. The summed E-state index contributed by atoms with van der Waals surface area (Å²) < 4.78 is 27.3. The molecule has 0 saturated heterocycles. The quantitative estimate of drug-likeness (QED) is 0.858. The standard InChI is InChI=1S/C15H20N2O2S2/c1-11(2)13-5-3-12(4-6-13)10-17-21(18,19)15-8-7-14(9-16)20-15/h3-8,11,17H,9-10,16H2,1-2H3. The number of benzene rings is 1. The van der Waals surface area contributed by atoms with Gasteiger partial charge in [-0.15, -0.1) is 11.3 Å². The molecule has 0 radical (unpaired) electrons. The predicted octanol–water partition coefficient (Wildman–Crippen LogP) is 2.81. The van der Waals surface area contributed by atoms with Crippen LogP contribution in [0, 0.1) is 0 Å². The number of nitrogens with two attached hydrogens (primary N) is 1. The van der Waals surface area contributed by atoms with Crippen molar-refractivity contribution >= 4 is 21.4 Å². The maximum atomic E-state index is 12.2. The van der Waals surface area contributed by atoms with Crippen molar-refractivity contribution in [3.05, 3.63) is 52.4 Å². The average molecular weight is 324 g/mol. The maximum Gasteiger partial charge on any atom is 0.250 e. The van der Waals surface area contributed by atoms with E-state index in [-0.39, 0.29) is 6.54 Å². The fraction of sp³-hybridized carbons (Fsp3) is 0.333. The van der Waals surface area contributed by atoms with Crippen LogP contribution in [-0.4, -0.2) is 8.42 Å². The molecule has 114 valence electrons. The monoisotopic (exact) mass is 324 g/mol. The summed E-state index contributed by atoms with van der Waals surface area (Å²) in [6.45, 7) is 4.90. The van der Waals surface area contributed by atoms with E-state index in [1.165, 1.54) is 16.9 Å². The molecule has 0 amide bonds. The van der Waals surface area contributed by atoms with E-state index in [2.05, 4.69) is 18.6 Å². The molecule has 0 atom stereocenters. The molecule has 0 spiro atoms. The Morgan fingerprint density at radius 2 is 1.81 bits per heavy atom. The number of hydrogen-bond acceptors (Lipinski definition) is 4.